The summed E-state index contributed by atoms with van der Waals surface area (Å²) < 4.78 is 4.98. The van der Waals surface area contributed by atoms with E-state index in [1.165, 1.54) is 12.7 Å². The average molecular weight is 616 g/mol. The van der Waals surface area contributed by atoms with Gasteiger partial charge >= 0.3 is 0 Å². The Labute approximate surface area is 262 Å². The summed E-state index contributed by atoms with van der Waals surface area (Å²) in [6.45, 7) is 1.78. The Hall–Kier alpha value is -6.05. The Morgan fingerprint density at radius 2 is 1.39 bits per heavy atom. The topological polar surface area (TPSA) is 193 Å². The Kier molecular flexibility index (Phi) is 7.81. The van der Waals surface area contributed by atoms with Crippen LogP contribution in [0.15, 0.2) is 66.4 Å². The normalized spacial score (nSPS) is 13.0. The molecule has 0 saturated heterocycles. The Balaban J connectivity index is 0.000000147. The number of fused-ring (bicyclic) bond motifs is 6. The molecule has 4 N–H and O–H groups in total. The van der Waals surface area contributed by atoms with Crippen LogP contribution < -0.4 is 10.6 Å². The third-order valence-electron chi connectivity index (χ3n) is 7.89. The number of hydrogen-bond donors (Lipinski definition) is 4. The highest BCUT2D eigenvalue weighted by Gasteiger charge is 2.26. The van der Waals surface area contributed by atoms with E-state index >= 15 is 0 Å². The average Bonchev–Trinajstić information content (AvgIpc) is 3.75. The van der Waals surface area contributed by atoms with Gasteiger partial charge in [-0.25, -0.2) is 19.9 Å². The van der Waals surface area contributed by atoms with Gasteiger partial charge in [0.15, 0.2) is 11.6 Å². The molecule has 46 heavy (non-hydrogen) atoms. The smallest absolute Gasteiger partial charge is 0.259 e. The highest BCUT2D eigenvalue weighted by Crippen LogP contribution is 2.34. The zero-order valence-corrected chi connectivity index (χ0v) is 24.9. The van der Waals surface area contributed by atoms with Crippen LogP contribution in [-0.4, -0.2) is 57.1 Å². The van der Waals surface area contributed by atoms with Crippen molar-refractivity contribution < 1.29 is 14.1 Å². The number of rotatable bonds is 4. The van der Waals surface area contributed by atoms with Gasteiger partial charge in [-0.3, -0.25) is 9.59 Å². The second-order valence-electron chi connectivity index (χ2n) is 11.0. The molecule has 0 unspecified atom stereocenters. The maximum absolute atomic E-state index is 12.6. The van der Waals surface area contributed by atoms with Crippen LogP contribution in [0.1, 0.15) is 61.8 Å². The number of nitrogens with one attached hydrogen (secondary N) is 4. The molecule has 6 heterocycles. The first kappa shape index (κ1) is 28.7. The summed E-state index contributed by atoms with van der Waals surface area (Å²) >= 11 is 0. The third-order valence-corrected chi connectivity index (χ3v) is 7.89. The van der Waals surface area contributed by atoms with Crippen molar-refractivity contribution in [3.8, 4) is 22.5 Å². The van der Waals surface area contributed by atoms with Crippen molar-refractivity contribution in [1.82, 2.24) is 45.3 Å². The first-order chi connectivity index (χ1) is 22.5. The largest absolute Gasteiger partial charge is 0.364 e. The highest BCUT2D eigenvalue weighted by molar-refractivity contribution is 6.09. The van der Waals surface area contributed by atoms with E-state index in [1.54, 1.807) is 43.7 Å². The lowest BCUT2D eigenvalue weighted by atomic mass is 10.0. The fourth-order valence-electron chi connectivity index (χ4n) is 5.83. The number of anilines is 2. The Morgan fingerprint density at radius 1 is 0.804 bits per heavy atom. The SMILES string of the molecule is Cc1cc(NC(=O)c2c[nH]c3c2-c2ncncc2CCC3)no1.O=C(Nc1cccnn1)c1c[nH]c2c1-c1ncncc1CCC2. The van der Waals surface area contributed by atoms with Crippen LogP contribution in [0, 0.1) is 6.92 Å². The number of carbonyl (C=O) groups excluding carboxylic acids is 2. The molecule has 0 radical (unpaired) electrons. The van der Waals surface area contributed by atoms with Gasteiger partial charge in [0.25, 0.3) is 11.8 Å². The van der Waals surface area contributed by atoms with Gasteiger partial charge in [-0.05, 0) is 68.7 Å². The molecule has 2 aliphatic carbocycles. The van der Waals surface area contributed by atoms with Crippen LogP contribution in [0.5, 0.6) is 0 Å². The van der Waals surface area contributed by atoms with Crippen molar-refractivity contribution in [2.24, 2.45) is 0 Å². The first-order valence-corrected chi connectivity index (χ1v) is 14.9. The predicted molar refractivity (Wildman–Crippen MR) is 167 cm³/mol. The second-order valence-corrected chi connectivity index (χ2v) is 11.0. The van der Waals surface area contributed by atoms with Crippen molar-refractivity contribution in [3.63, 3.8) is 0 Å². The van der Waals surface area contributed by atoms with Crippen LogP contribution in [0.25, 0.3) is 22.5 Å². The number of aromatic nitrogens is 9. The van der Waals surface area contributed by atoms with Crippen LogP contribution in [0.2, 0.25) is 0 Å². The summed E-state index contributed by atoms with van der Waals surface area (Å²) in [5.74, 6) is 1.01. The molecular weight excluding hydrogens is 586 g/mol. The zero-order valence-electron chi connectivity index (χ0n) is 24.9. The molecule has 14 heteroatoms. The minimum Gasteiger partial charge on any atom is -0.364 e. The van der Waals surface area contributed by atoms with Crippen molar-refractivity contribution in [2.75, 3.05) is 10.6 Å². The summed E-state index contributed by atoms with van der Waals surface area (Å²) in [4.78, 5) is 48.7. The lowest BCUT2D eigenvalue weighted by Gasteiger charge is -2.07. The fraction of sp³-hybridized carbons (Fsp3) is 0.219. The van der Waals surface area contributed by atoms with Gasteiger partial charge in [0.05, 0.1) is 22.5 Å². The minimum absolute atomic E-state index is 0.227. The summed E-state index contributed by atoms with van der Waals surface area (Å²) in [6.07, 6.45) is 17.3. The maximum Gasteiger partial charge on any atom is 0.259 e. The summed E-state index contributed by atoms with van der Waals surface area (Å²) in [7, 11) is 0. The molecule has 6 aromatic rings. The fourth-order valence-corrected chi connectivity index (χ4v) is 5.83. The van der Waals surface area contributed by atoms with E-state index in [0.29, 0.717) is 28.5 Å². The van der Waals surface area contributed by atoms with E-state index in [2.05, 4.69) is 55.9 Å². The number of amides is 2. The quantitative estimate of drug-likeness (QED) is 0.219. The molecule has 2 amide bonds. The summed E-state index contributed by atoms with van der Waals surface area (Å²) in [5.41, 5.74) is 8.70. The standard InChI is InChI=1S/C16H14N6O.C16H15N5O2/c23-16(21-13-5-2-6-20-22-13)11-8-18-12-4-1-3-10-7-17-9-19-15(10)14(11)12;1-9-5-13(21-23-9)20-16(22)11-7-18-12-4-2-3-10-6-17-8-19-15(10)14(11)12/h2,5-9,18H,1,3-4H2,(H,21,22,23);5-8,18H,2-4H2,1H3,(H,20,21,22). The molecule has 14 nitrogen and oxygen atoms in total. The van der Waals surface area contributed by atoms with Crippen molar-refractivity contribution in [3.05, 3.63) is 101 Å². The Morgan fingerprint density at radius 3 is 1.91 bits per heavy atom. The van der Waals surface area contributed by atoms with E-state index in [-0.39, 0.29) is 11.8 Å². The number of nitrogens with zero attached hydrogens (tertiary/aromatic N) is 7. The molecule has 0 atom stereocenters. The monoisotopic (exact) mass is 615 g/mol. The van der Waals surface area contributed by atoms with Gasteiger partial charge in [0.1, 0.15) is 18.4 Å². The molecule has 2 aliphatic rings. The zero-order chi connectivity index (χ0) is 31.5. The van der Waals surface area contributed by atoms with Crippen LogP contribution in [0.4, 0.5) is 11.6 Å². The van der Waals surface area contributed by atoms with E-state index in [9.17, 15) is 9.59 Å². The maximum atomic E-state index is 12.6. The molecular formula is C32H29N11O3. The molecule has 8 rings (SSSR count). The van der Waals surface area contributed by atoms with Gasteiger partial charge in [0.2, 0.25) is 0 Å². The number of hydrogen-bond acceptors (Lipinski definition) is 10. The van der Waals surface area contributed by atoms with E-state index < -0.39 is 0 Å². The molecule has 0 aliphatic heterocycles. The van der Waals surface area contributed by atoms with Crippen molar-refractivity contribution in [2.45, 2.75) is 45.4 Å². The lowest BCUT2D eigenvalue weighted by molar-refractivity contribution is 0.101. The van der Waals surface area contributed by atoms with Crippen LogP contribution in [-0.2, 0) is 25.7 Å². The van der Waals surface area contributed by atoms with Crippen LogP contribution >= 0.6 is 0 Å². The number of aryl methyl sites for hydroxylation is 5. The van der Waals surface area contributed by atoms with E-state index in [1.807, 2.05) is 12.4 Å². The van der Waals surface area contributed by atoms with Crippen LogP contribution in [0.3, 0.4) is 0 Å². The van der Waals surface area contributed by atoms with E-state index in [0.717, 1.165) is 83.6 Å². The molecule has 0 saturated carbocycles. The van der Waals surface area contributed by atoms with Gasteiger partial charge in [-0.15, -0.1) is 5.10 Å². The van der Waals surface area contributed by atoms with Gasteiger partial charge in [-0.2, -0.15) is 5.10 Å². The molecule has 0 aromatic carbocycles. The molecule has 0 spiro atoms. The van der Waals surface area contributed by atoms with Gasteiger partial charge in [0, 0.05) is 59.6 Å². The molecule has 230 valence electrons. The van der Waals surface area contributed by atoms with E-state index in [4.69, 9.17) is 4.52 Å². The van der Waals surface area contributed by atoms with Gasteiger partial charge < -0.3 is 25.1 Å². The van der Waals surface area contributed by atoms with Gasteiger partial charge in [-0.1, -0.05) is 5.16 Å². The molecule has 0 bridgehead atoms. The summed E-state index contributed by atoms with van der Waals surface area (Å²) in [6, 6.07) is 5.11. The van der Waals surface area contributed by atoms with Crippen molar-refractivity contribution >= 4 is 23.5 Å². The predicted octanol–water partition coefficient (Wildman–Crippen LogP) is 4.51. The molecule has 6 aromatic heterocycles. The second kappa shape index (κ2) is 12.5. The first-order valence-electron chi connectivity index (χ1n) is 14.9. The summed E-state index contributed by atoms with van der Waals surface area (Å²) in [5, 5.41) is 17.0. The number of H-pyrrole nitrogens is 2. The number of carbonyl (C=O) groups is 2. The molecule has 0 fully saturated rings. The lowest BCUT2D eigenvalue weighted by Crippen LogP contribution is -2.14. The minimum atomic E-state index is -0.234. The Bertz CT molecular complexity index is 2030. The number of aromatic amines is 2. The van der Waals surface area contributed by atoms with Crippen molar-refractivity contribution in [1.29, 1.82) is 0 Å². The highest BCUT2D eigenvalue weighted by atomic mass is 16.5. The third kappa shape index (κ3) is 5.75.